The van der Waals surface area contributed by atoms with Crippen molar-refractivity contribution in [3.63, 3.8) is 0 Å². The van der Waals surface area contributed by atoms with Gasteiger partial charge in [-0.2, -0.15) is 5.26 Å². The predicted molar refractivity (Wildman–Crippen MR) is 81.7 cm³/mol. The van der Waals surface area contributed by atoms with Crippen LogP contribution in [0.3, 0.4) is 0 Å². The molecule has 0 bridgehead atoms. The Bertz CT molecular complexity index is 602. The van der Waals surface area contributed by atoms with Crippen LogP contribution in [0, 0.1) is 11.3 Å². The summed E-state index contributed by atoms with van der Waals surface area (Å²) in [6.45, 7) is 4.50. The van der Waals surface area contributed by atoms with E-state index in [1.807, 2.05) is 24.3 Å². The number of rotatable bonds is 7. The molecule has 4 nitrogen and oxygen atoms in total. The van der Waals surface area contributed by atoms with Crippen molar-refractivity contribution in [1.82, 2.24) is 10.3 Å². The third-order valence-corrected chi connectivity index (χ3v) is 3.02. The second-order valence-electron chi connectivity index (χ2n) is 4.77. The monoisotopic (exact) mass is 281 g/mol. The zero-order chi connectivity index (χ0) is 14.9. The van der Waals surface area contributed by atoms with E-state index in [1.165, 1.54) is 5.56 Å². The van der Waals surface area contributed by atoms with Gasteiger partial charge < -0.3 is 10.1 Å². The molecule has 1 N–H and O–H groups in total. The zero-order valence-corrected chi connectivity index (χ0v) is 12.2. The van der Waals surface area contributed by atoms with Crippen LogP contribution in [0.25, 0.3) is 0 Å². The van der Waals surface area contributed by atoms with Gasteiger partial charge in [0.15, 0.2) is 0 Å². The lowest BCUT2D eigenvalue weighted by Gasteiger charge is -2.08. The number of nitriles is 1. The zero-order valence-electron chi connectivity index (χ0n) is 12.2. The van der Waals surface area contributed by atoms with Gasteiger partial charge in [0.05, 0.1) is 0 Å². The van der Waals surface area contributed by atoms with E-state index in [9.17, 15) is 0 Å². The smallest absolute Gasteiger partial charge is 0.140 e. The molecule has 1 heterocycles. The van der Waals surface area contributed by atoms with Gasteiger partial charge in [0.2, 0.25) is 0 Å². The Labute approximate surface area is 125 Å². The molecule has 0 fully saturated rings. The summed E-state index contributed by atoms with van der Waals surface area (Å²) in [6, 6.07) is 13.7. The Morgan fingerprint density at radius 1 is 1.19 bits per heavy atom. The number of nitrogens with zero attached hydrogens (tertiary/aromatic N) is 2. The summed E-state index contributed by atoms with van der Waals surface area (Å²) >= 11 is 0. The van der Waals surface area contributed by atoms with Crippen LogP contribution in [0.2, 0.25) is 0 Å². The molecule has 0 radical (unpaired) electrons. The van der Waals surface area contributed by atoms with Crippen LogP contribution >= 0.6 is 0 Å². The fourth-order valence-corrected chi connectivity index (χ4v) is 1.90. The third-order valence-electron chi connectivity index (χ3n) is 3.02. The van der Waals surface area contributed by atoms with Crippen molar-refractivity contribution in [1.29, 1.82) is 5.26 Å². The topological polar surface area (TPSA) is 57.9 Å². The number of hydrogen-bond acceptors (Lipinski definition) is 4. The highest BCUT2D eigenvalue weighted by Crippen LogP contribution is 2.14. The number of nitrogens with one attached hydrogen (secondary N) is 1. The fourth-order valence-electron chi connectivity index (χ4n) is 1.90. The molecule has 21 heavy (non-hydrogen) atoms. The second-order valence-corrected chi connectivity index (χ2v) is 4.77. The minimum Gasteiger partial charge on any atom is -0.489 e. The van der Waals surface area contributed by atoms with Gasteiger partial charge >= 0.3 is 0 Å². The first-order valence-corrected chi connectivity index (χ1v) is 7.09. The van der Waals surface area contributed by atoms with Crippen molar-refractivity contribution >= 4 is 0 Å². The first kappa shape index (κ1) is 15.0. The van der Waals surface area contributed by atoms with Crippen LogP contribution in [0.4, 0.5) is 0 Å². The Balaban J connectivity index is 1.87. The molecule has 0 amide bonds. The van der Waals surface area contributed by atoms with Gasteiger partial charge in [-0.3, -0.25) is 0 Å². The number of pyridine rings is 1. The molecule has 0 atom stereocenters. The molecule has 0 saturated heterocycles. The van der Waals surface area contributed by atoms with Crippen molar-refractivity contribution in [2.45, 2.75) is 26.5 Å². The molecule has 0 saturated carbocycles. The maximum absolute atomic E-state index is 8.81. The van der Waals surface area contributed by atoms with Gasteiger partial charge in [-0.05, 0) is 48.4 Å². The Hall–Kier alpha value is -2.38. The highest BCUT2D eigenvalue weighted by atomic mass is 16.5. The SMILES string of the molecule is CCCNCc1ccc(OCc2ccnc(C#N)c2)cc1. The molecule has 0 aliphatic heterocycles. The van der Waals surface area contributed by atoms with Crippen LogP contribution in [0.15, 0.2) is 42.6 Å². The molecular formula is C17H19N3O. The quantitative estimate of drug-likeness (QED) is 0.793. The first-order chi connectivity index (χ1) is 10.3. The lowest BCUT2D eigenvalue weighted by atomic mass is 10.2. The van der Waals surface area contributed by atoms with Crippen LogP contribution in [-0.4, -0.2) is 11.5 Å². The summed E-state index contributed by atoms with van der Waals surface area (Å²) in [5.41, 5.74) is 2.59. The molecule has 0 aliphatic carbocycles. The largest absolute Gasteiger partial charge is 0.489 e. The van der Waals surface area contributed by atoms with Crippen LogP contribution in [0.5, 0.6) is 5.75 Å². The second kappa shape index (κ2) is 8.03. The van der Waals surface area contributed by atoms with Crippen LogP contribution in [-0.2, 0) is 13.2 Å². The highest BCUT2D eigenvalue weighted by Gasteiger charge is 1.99. The maximum Gasteiger partial charge on any atom is 0.140 e. The van der Waals surface area contributed by atoms with Crippen molar-refractivity contribution in [3.8, 4) is 11.8 Å². The molecule has 108 valence electrons. The lowest BCUT2D eigenvalue weighted by Crippen LogP contribution is -2.13. The van der Waals surface area contributed by atoms with E-state index >= 15 is 0 Å². The van der Waals surface area contributed by atoms with Crippen molar-refractivity contribution in [3.05, 3.63) is 59.4 Å². The van der Waals surface area contributed by atoms with Gasteiger partial charge in [-0.15, -0.1) is 0 Å². The average molecular weight is 281 g/mol. The van der Waals surface area contributed by atoms with E-state index in [0.717, 1.165) is 30.8 Å². The number of hydrogen-bond donors (Lipinski definition) is 1. The lowest BCUT2D eigenvalue weighted by molar-refractivity contribution is 0.306. The van der Waals surface area contributed by atoms with Crippen LogP contribution in [0.1, 0.15) is 30.2 Å². The molecule has 2 aromatic rings. The van der Waals surface area contributed by atoms with E-state index in [0.29, 0.717) is 12.3 Å². The molecule has 0 aliphatic rings. The highest BCUT2D eigenvalue weighted by molar-refractivity contribution is 5.29. The van der Waals surface area contributed by atoms with E-state index in [-0.39, 0.29) is 0 Å². The molecule has 0 unspecified atom stereocenters. The average Bonchev–Trinajstić information content (AvgIpc) is 2.54. The van der Waals surface area contributed by atoms with Gasteiger partial charge in [0.25, 0.3) is 0 Å². The predicted octanol–water partition coefficient (Wildman–Crippen LogP) is 3.03. The van der Waals surface area contributed by atoms with Crippen molar-refractivity contribution in [2.75, 3.05) is 6.54 Å². The molecule has 1 aromatic heterocycles. The van der Waals surface area contributed by atoms with Crippen molar-refractivity contribution < 1.29 is 4.74 Å². The fraction of sp³-hybridized carbons (Fsp3) is 0.294. The normalized spacial score (nSPS) is 10.1. The number of benzene rings is 1. The van der Waals surface area contributed by atoms with Gasteiger partial charge in [0, 0.05) is 12.7 Å². The maximum atomic E-state index is 8.81. The van der Waals surface area contributed by atoms with E-state index in [4.69, 9.17) is 10.00 Å². The summed E-state index contributed by atoms with van der Waals surface area (Å²) in [7, 11) is 0. The number of ether oxygens (including phenoxy) is 1. The third kappa shape index (κ3) is 4.90. The van der Waals surface area contributed by atoms with Gasteiger partial charge in [0.1, 0.15) is 24.1 Å². The summed E-state index contributed by atoms with van der Waals surface area (Å²) in [5.74, 6) is 0.824. The number of aromatic nitrogens is 1. The van der Waals surface area contributed by atoms with Crippen LogP contribution < -0.4 is 10.1 Å². The minimum atomic E-state index is 0.411. The first-order valence-electron chi connectivity index (χ1n) is 7.09. The Morgan fingerprint density at radius 3 is 2.71 bits per heavy atom. The van der Waals surface area contributed by atoms with Crippen molar-refractivity contribution in [2.24, 2.45) is 0 Å². The molecule has 4 heteroatoms. The molecular weight excluding hydrogens is 262 g/mol. The van der Waals surface area contributed by atoms with E-state index in [2.05, 4.69) is 29.4 Å². The van der Waals surface area contributed by atoms with Gasteiger partial charge in [-0.1, -0.05) is 19.1 Å². The van der Waals surface area contributed by atoms with E-state index < -0.39 is 0 Å². The summed E-state index contributed by atoms with van der Waals surface area (Å²) in [4.78, 5) is 3.94. The van der Waals surface area contributed by atoms with E-state index in [1.54, 1.807) is 12.3 Å². The Kier molecular flexibility index (Phi) is 5.74. The van der Waals surface area contributed by atoms with Gasteiger partial charge in [-0.25, -0.2) is 4.98 Å². The summed E-state index contributed by atoms with van der Waals surface area (Å²) in [6.07, 6.45) is 2.76. The summed E-state index contributed by atoms with van der Waals surface area (Å²) < 4.78 is 5.71. The standard InChI is InChI=1S/C17H19N3O/c1-2-8-19-12-14-3-5-17(6-4-14)21-13-15-7-9-20-16(10-15)11-18/h3-7,9-10,19H,2,8,12-13H2,1H3. The minimum absolute atomic E-state index is 0.411. The molecule has 2 rings (SSSR count). The molecule has 0 spiro atoms. The Morgan fingerprint density at radius 2 is 2.00 bits per heavy atom. The summed E-state index contributed by atoms with van der Waals surface area (Å²) in [5, 5.41) is 12.2. The molecule has 1 aromatic carbocycles.